The first-order valence-electron chi connectivity index (χ1n) is 8.27. The van der Waals surface area contributed by atoms with E-state index in [1.165, 1.54) is 12.8 Å². The van der Waals surface area contributed by atoms with Gasteiger partial charge in [0, 0.05) is 25.7 Å². The third kappa shape index (κ3) is 4.90. The standard InChI is InChI=1S/C18H21N5OS/c1-2-10-19-18(25)22-17-20-15(23-11-6-7-12-23)13-16(21-17)24-14-8-4-3-5-9-14/h2-5,8-9,13H,1,6-7,10-12H2,(H2,19,20,21,22,25). The zero-order chi connectivity index (χ0) is 17.5. The van der Waals surface area contributed by atoms with Gasteiger partial charge in [-0.25, -0.2) is 0 Å². The second-order valence-electron chi connectivity index (χ2n) is 5.62. The van der Waals surface area contributed by atoms with Crippen molar-refractivity contribution in [2.75, 3.05) is 29.9 Å². The summed E-state index contributed by atoms with van der Waals surface area (Å²) in [6.45, 7) is 6.21. The molecular weight excluding hydrogens is 334 g/mol. The highest BCUT2D eigenvalue weighted by atomic mass is 32.1. The van der Waals surface area contributed by atoms with Crippen LogP contribution in [0.4, 0.5) is 11.8 Å². The quantitative estimate of drug-likeness (QED) is 0.609. The van der Waals surface area contributed by atoms with E-state index in [0.29, 0.717) is 23.5 Å². The summed E-state index contributed by atoms with van der Waals surface area (Å²) in [7, 11) is 0. The molecule has 130 valence electrons. The Hall–Kier alpha value is -2.67. The van der Waals surface area contributed by atoms with Crippen LogP contribution in [0.25, 0.3) is 0 Å². The maximum atomic E-state index is 5.88. The lowest BCUT2D eigenvalue weighted by atomic mass is 10.3. The summed E-state index contributed by atoms with van der Waals surface area (Å²) < 4.78 is 5.88. The molecule has 0 radical (unpaired) electrons. The Bertz CT molecular complexity index is 732. The summed E-state index contributed by atoms with van der Waals surface area (Å²) in [6.07, 6.45) is 4.07. The second-order valence-corrected chi connectivity index (χ2v) is 6.03. The monoisotopic (exact) mass is 355 g/mol. The first kappa shape index (κ1) is 17.2. The van der Waals surface area contributed by atoms with E-state index in [0.717, 1.165) is 24.7 Å². The minimum Gasteiger partial charge on any atom is -0.439 e. The van der Waals surface area contributed by atoms with Crippen molar-refractivity contribution in [3.8, 4) is 11.6 Å². The SMILES string of the molecule is C=CCNC(=S)Nc1nc(Oc2ccccc2)cc(N2CCCC2)n1. The van der Waals surface area contributed by atoms with Gasteiger partial charge in [-0.3, -0.25) is 0 Å². The van der Waals surface area contributed by atoms with E-state index in [-0.39, 0.29) is 0 Å². The molecule has 1 saturated heterocycles. The van der Waals surface area contributed by atoms with Gasteiger partial charge in [-0.1, -0.05) is 24.3 Å². The highest BCUT2D eigenvalue weighted by Gasteiger charge is 2.17. The van der Waals surface area contributed by atoms with Crippen LogP contribution >= 0.6 is 12.2 Å². The average molecular weight is 355 g/mol. The van der Waals surface area contributed by atoms with Gasteiger partial charge in [-0.15, -0.1) is 6.58 Å². The molecule has 2 heterocycles. The zero-order valence-corrected chi connectivity index (χ0v) is 14.8. The van der Waals surface area contributed by atoms with Crippen LogP contribution in [0.3, 0.4) is 0 Å². The van der Waals surface area contributed by atoms with E-state index in [1.54, 1.807) is 6.08 Å². The molecule has 0 unspecified atom stereocenters. The van der Waals surface area contributed by atoms with Crippen LogP contribution < -0.4 is 20.3 Å². The van der Waals surface area contributed by atoms with Gasteiger partial charge in [0.25, 0.3) is 0 Å². The lowest BCUT2D eigenvalue weighted by molar-refractivity contribution is 0.462. The highest BCUT2D eigenvalue weighted by molar-refractivity contribution is 7.80. The smallest absolute Gasteiger partial charge is 0.234 e. The van der Waals surface area contributed by atoms with Crippen LogP contribution in [-0.2, 0) is 0 Å². The molecule has 1 aromatic carbocycles. The molecule has 0 aliphatic carbocycles. The first-order chi connectivity index (χ1) is 12.2. The van der Waals surface area contributed by atoms with E-state index in [9.17, 15) is 0 Å². The Balaban J connectivity index is 1.82. The number of nitrogens with zero attached hydrogens (tertiary/aromatic N) is 3. The number of thiocarbonyl (C=S) groups is 1. The fourth-order valence-electron chi connectivity index (χ4n) is 2.55. The predicted molar refractivity (Wildman–Crippen MR) is 104 cm³/mol. The number of ether oxygens (including phenoxy) is 1. The zero-order valence-electron chi connectivity index (χ0n) is 13.9. The van der Waals surface area contributed by atoms with Crippen LogP contribution in [0.1, 0.15) is 12.8 Å². The molecular formula is C18H21N5OS. The van der Waals surface area contributed by atoms with E-state index < -0.39 is 0 Å². The molecule has 0 saturated carbocycles. The maximum Gasteiger partial charge on any atom is 0.234 e. The summed E-state index contributed by atoms with van der Waals surface area (Å²) in [5.41, 5.74) is 0. The van der Waals surface area contributed by atoms with Gasteiger partial charge in [0.2, 0.25) is 11.8 Å². The topological polar surface area (TPSA) is 62.3 Å². The maximum absolute atomic E-state index is 5.88. The van der Waals surface area contributed by atoms with Crippen molar-refractivity contribution < 1.29 is 4.74 Å². The van der Waals surface area contributed by atoms with Gasteiger partial charge in [0.15, 0.2) is 5.11 Å². The first-order valence-corrected chi connectivity index (χ1v) is 8.68. The third-order valence-corrected chi connectivity index (χ3v) is 3.96. The minimum absolute atomic E-state index is 0.414. The Kier molecular flexibility index (Phi) is 5.79. The molecule has 1 aliphatic rings. The number of hydrogen-bond donors (Lipinski definition) is 2. The van der Waals surface area contributed by atoms with E-state index in [2.05, 4.69) is 32.1 Å². The summed E-state index contributed by atoms with van der Waals surface area (Å²) in [4.78, 5) is 11.2. The average Bonchev–Trinajstić information content (AvgIpc) is 3.15. The molecule has 2 N–H and O–H groups in total. The van der Waals surface area contributed by atoms with Crippen LogP contribution in [0.2, 0.25) is 0 Å². The Morgan fingerprint density at radius 2 is 2.00 bits per heavy atom. The van der Waals surface area contributed by atoms with E-state index in [1.807, 2.05) is 36.4 Å². The van der Waals surface area contributed by atoms with Gasteiger partial charge in [0.05, 0.1) is 0 Å². The molecule has 0 spiro atoms. The lowest BCUT2D eigenvalue weighted by Gasteiger charge is -2.18. The fraction of sp³-hybridized carbons (Fsp3) is 0.278. The number of anilines is 2. The number of hydrogen-bond acceptors (Lipinski definition) is 5. The van der Waals surface area contributed by atoms with Crippen LogP contribution in [0, 0.1) is 0 Å². The molecule has 2 aromatic rings. The molecule has 25 heavy (non-hydrogen) atoms. The van der Waals surface area contributed by atoms with Crippen LogP contribution in [-0.4, -0.2) is 34.7 Å². The summed E-state index contributed by atoms with van der Waals surface area (Å²) in [6, 6.07) is 11.4. The van der Waals surface area contributed by atoms with Gasteiger partial charge in [-0.2, -0.15) is 9.97 Å². The Morgan fingerprint density at radius 1 is 1.24 bits per heavy atom. The molecule has 0 atom stereocenters. The predicted octanol–water partition coefficient (Wildman–Crippen LogP) is 3.34. The fourth-order valence-corrected chi connectivity index (χ4v) is 2.72. The van der Waals surface area contributed by atoms with Crippen molar-refractivity contribution in [3.63, 3.8) is 0 Å². The highest BCUT2D eigenvalue weighted by Crippen LogP contribution is 2.26. The van der Waals surface area contributed by atoms with Crippen molar-refractivity contribution in [1.29, 1.82) is 0 Å². The van der Waals surface area contributed by atoms with Crippen molar-refractivity contribution in [2.45, 2.75) is 12.8 Å². The van der Waals surface area contributed by atoms with E-state index in [4.69, 9.17) is 17.0 Å². The lowest BCUT2D eigenvalue weighted by Crippen LogP contribution is -2.29. The second kappa shape index (κ2) is 8.43. The summed E-state index contributed by atoms with van der Waals surface area (Å²) in [5.74, 6) is 2.47. The van der Waals surface area contributed by atoms with Gasteiger partial charge in [-0.05, 0) is 37.2 Å². The minimum atomic E-state index is 0.414. The van der Waals surface area contributed by atoms with Crippen molar-refractivity contribution >= 4 is 29.1 Å². The van der Waals surface area contributed by atoms with Crippen LogP contribution in [0.15, 0.2) is 49.1 Å². The van der Waals surface area contributed by atoms with Gasteiger partial charge < -0.3 is 20.3 Å². The van der Waals surface area contributed by atoms with Gasteiger partial charge in [0.1, 0.15) is 11.6 Å². The largest absolute Gasteiger partial charge is 0.439 e. The van der Waals surface area contributed by atoms with Crippen molar-refractivity contribution in [2.24, 2.45) is 0 Å². The molecule has 6 nitrogen and oxygen atoms in total. The molecule has 0 bridgehead atoms. The molecule has 1 fully saturated rings. The number of nitrogens with one attached hydrogen (secondary N) is 2. The Labute approximate surface area is 152 Å². The number of para-hydroxylation sites is 1. The Morgan fingerprint density at radius 3 is 2.72 bits per heavy atom. The number of rotatable bonds is 6. The van der Waals surface area contributed by atoms with Crippen LogP contribution in [0.5, 0.6) is 11.6 Å². The van der Waals surface area contributed by atoms with E-state index >= 15 is 0 Å². The van der Waals surface area contributed by atoms with Crippen molar-refractivity contribution in [3.05, 3.63) is 49.1 Å². The summed E-state index contributed by atoms with van der Waals surface area (Å²) >= 11 is 5.25. The third-order valence-electron chi connectivity index (χ3n) is 3.72. The molecule has 3 rings (SSSR count). The molecule has 1 aliphatic heterocycles. The van der Waals surface area contributed by atoms with Crippen molar-refractivity contribution in [1.82, 2.24) is 15.3 Å². The van der Waals surface area contributed by atoms with Gasteiger partial charge >= 0.3 is 0 Å². The summed E-state index contributed by atoms with van der Waals surface area (Å²) in [5, 5.41) is 6.47. The number of aromatic nitrogens is 2. The molecule has 7 heteroatoms. The molecule has 1 aromatic heterocycles. The normalized spacial score (nSPS) is 13.4. The number of benzene rings is 1. The molecule has 0 amide bonds.